The number of halogens is 2. The van der Waals surface area contributed by atoms with Crippen molar-refractivity contribution in [3.05, 3.63) is 85.2 Å². The molecule has 0 aliphatic heterocycles. The van der Waals surface area contributed by atoms with Gasteiger partial charge in [-0.1, -0.05) is 23.7 Å². The molecule has 132 valence electrons. The first-order valence-corrected chi connectivity index (χ1v) is 9.36. The van der Waals surface area contributed by atoms with E-state index >= 15 is 0 Å². The van der Waals surface area contributed by atoms with Gasteiger partial charge in [0.15, 0.2) is 0 Å². The molecule has 0 spiro atoms. The second kappa shape index (κ2) is 8.46. The predicted molar refractivity (Wildman–Crippen MR) is 110 cm³/mol. The van der Waals surface area contributed by atoms with Crippen LogP contribution in [0.5, 0.6) is 0 Å². The van der Waals surface area contributed by atoms with Crippen molar-refractivity contribution in [3.8, 4) is 11.3 Å². The number of benzene rings is 2. The lowest BCUT2D eigenvalue weighted by Gasteiger charge is -2.09. The van der Waals surface area contributed by atoms with E-state index in [2.05, 4.69) is 33.0 Å². The van der Waals surface area contributed by atoms with Crippen LogP contribution in [0.3, 0.4) is 0 Å². The zero-order valence-electron chi connectivity index (χ0n) is 13.7. The first-order chi connectivity index (χ1) is 12.5. The molecule has 0 unspecified atom stereocenters. The van der Waals surface area contributed by atoms with Gasteiger partial charge in [0, 0.05) is 32.3 Å². The van der Waals surface area contributed by atoms with Crippen molar-refractivity contribution in [1.29, 1.82) is 0 Å². The first-order valence-electron chi connectivity index (χ1n) is 7.91. The third kappa shape index (κ3) is 4.70. The van der Waals surface area contributed by atoms with E-state index in [1.54, 1.807) is 30.3 Å². The largest absolute Gasteiger partial charge is 0.350 e. The summed E-state index contributed by atoms with van der Waals surface area (Å²) < 4.78 is 2.41. The number of rotatable bonds is 5. The summed E-state index contributed by atoms with van der Waals surface area (Å²) in [6.45, 7) is 0.595. The Morgan fingerprint density at radius 2 is 1.73 bits per heavy atom. The molecule has 0 saturated heterocycles. The number of nitrogens with zero attached hydrogens (tertiary/aromatic N) is 2. The third-order valence-electron chi connectivity index (χ3n) is 3.72. The lowest BCUT2D eigenvalue weighted by atomic mass is 10.1. The van der Waals surface area contributed by atoms with Crippen molar-refractivity contribution >= 4 is 40.1 Å². The van der Waals surface area contributed by atoms with Crippen LogP contribution in [0.2, 0.25) is 5.02 Å². The van der Waals surface area contributed by atoms with Crippen LogP contribution in [0.1, 0.15) is 10.4 Å². The van der Waals surface area contributed by atoms with E-state index in [0.717, 1.165) is 9.13 Å². The van der Waals surface area contributed by atoms with Crippen molar-refractivity contribution in [2.75, 3.05) is 6.54 Å². The van der Waals surface area contributed by atoms with E-state index in [1.165, 1.54) is 10.7 Å². The number of nitrogens with one attached hydrogen (secondary N) is 1. The van der Waals surface area contributed by atoms with E-state index in [1.807, 2.05) is 24.3 Å². The minimum absolute atomic E-state index is 0.177. The molecule has 1 heterocycles. The summed E-state index contributed by atoms with van der Waals surface area (Å²) in [6, 6.07) is 17.7. The molecule has 1 amide bonds. The normalized spacial score (nSPS) is 10.5. The molecule has 0 aliphatic carbocycles. The van der Waals surface area contributed by atoms with E-state index in [-0.39, 0.29) is 18.0 Å². The molecule has 7 heteroatoms. The van der Waals surface area contributed by atoms with Crippen LogP contribution >= 0.6 is 34.2 Å². The minimum Gasteiger partial charge on any atom is -0.350 e. The smallest absolute Gasteiger partial charge is 0.266 e. The number of hydrogen-bond acceptors (Lipinski definition) is 3. The van der Waals surface area contributed by atoms with E-state index < -0.39 is 0 Å². The van der Waals surface area contributed by atoms with E-state index in [0.29, 0.717) is 22.8 Å². The fourth-order valence-corrected chi connectivity index (χ4v) is 2.85. The highest BCUT2D eigenvalue weighted by molar-refractivity contribution is 14.1. The van der Waals surface area contributed by atoms with Crippen molar-refractivity contribution < 1.29 is 4.79 Å². The zero-order chi connectivity index (χ0) is 18.5. The Bertz CT molecular complexity index is 969. The minimum atomic E-state index is -0.216. The summed E-state index contributed by atoms with van der Waals surface area (Å²) in [7, 11) is 0. The Morgan fingerprint density at radius 1 is 1.04 bits per heavy atom. The maximum atomic E-state index is 12.1. The standard InChI is InChI=1S/C19H15ClIN3O2/c20-15-5-1-13(2-6-15)17-9-10-18(25)24(23-17)12-11-22-19(26)14-3-7-16(21)8-4-14/h1-10H,11-12H2,(H,22,26). The highest BCUT2D eigenvalue weighted by Crippen LogP contribution is 2.18. The third-order valence-corrected chi connectivity index (χ3v) is 4.69. The van der Waals surface area contributed by atoms with Gasteiger partial charge < -0.3 is 5.32 Å². The fourth-order valence-electron chi connectivity index (χ4n) is 2.36. The summed E-state index contributed by atoms with van der Waals surface area (Å²) in [5.41, 5.74) is 1.91. The molecule has 1 N–H and O–H groups in total. The average Bonchev–Trinajstić information content (AvgIpc) is 2.64. The molecule has 0 atom stereocenters. The number of carbonyl (C=O) groups is 1. The van der Waals surface area contributed by atoms with Crippen molar-refractivity contribution in [2.24, 2.45) is 0 Å². The second-order valence-electron chi connectivity index (χ2n) is 5.55. The van der Waals surface area contributed by atoms with Crippen LogP contribution in [0.4, 0.5) is 0 Å². The summed E-state index contributed by atoms with van der Waals surface area (Å²) in [4.78, 5) is 24.1. The molecular weight excluding hydrogens is 465 g/mol. The molecular formula is C19H15ClIN3O2. The SMILES string of the molecule is O=C(NCCn1nc(-c2ccc(Cl)cc2)ccc1=O)c1ccc(I)cc1. The summed E-state index contributed by atoms with van der Waals surface area (Å²) in [5, 5.41) is 7.80. The van der Waals surface area contributed by atoms with Gasteiger partial charge in [0.1, 0.15) is 0 Å². The maximum absolute atomic E-state index is 12.1. The number of hydrogen-bond donors (Lipinski definition) is 1. The Labute approximate surface area is 169 Å². The molecule has 3 aromatic rings. The van der Waals surface area contributed by atoms with Crippen LogP contribution in [-0.4, -0.2) is 22.2 Å². The van der Waals surface area contributed by atoms with Gasteiger partial charge in [-0.15, -0.1) is 0 Å². The highest BCUT2D eigenvalue weighted by atomic mass is 127. The van der Waals surface area contributed by atoms with Gasteiger partial charge >= 0.3 is 0 Å². The maximum Gasteiger partial charge on any atom is 0.266 e. The lowest BCUT2D eigenvalue weighted by Crippen LogP contribution is -2.31. The Kier molecular flexibility index (Phi) is 6.05. The molecule has 1 aromatic heterocycles. The molecule has 0 aliphatic rings. The van der Waals surface area contributed by atoms with Gasteiger partial charge in [-0.3, -0.25) is 9.59 Å². The van der Waals surface area contributed by atoms with Gasteiger partial charge in [0.05, 0.1) is 12.2 Å². The molecule has 26 heavy (non-hydrogen) atoms. The molecule has 0 saturated carbocycles. The Morgan fingerprint density at radius 3 is 2.42 bits per heavy atom. The number of carbonyl (C=O) groups excluding carboxylic acids is 1. The van der Waals surface area contributed by atoms with Gasteiger partial charge in [-0.05, 0) is 65.1 Å². The van der Waals surface area contributed by atoms with Crippen molar-refractivity contribution in [3.63, 3.8) is 0 Å². The summed E-state index contributed by atoms with van der Waals surface area (Å²) >= 11 is 8.08. The van der Waals surface area contributed by atoms with Gasteiger partial charge in [0.25, 0.3) is 11.5 Å². The van der Waals surface area contributed by atoms with Crippen LogP contribution in [0, 0.1) is 3.57 Å². The Hall–Kier alpha value is -2.19. The number of aromatic nitrogens is 2. The average molecular weight is 480 g/mol. The van der Waals surface area contributed by atoms with E-state index in [4.69, 9.17) is 11.6 Å². The van der Waals surface area contributed by atoms with E-state index in [9.17, 15) is 9.59 Å². The fraction of sp³-hybridized carbons (Fsp3) is 0.105. The van der Waals surface area contributed by atoms with Gasteiger partial charge in [-0.25, -0.2) is 4.68 Å². The van der Waals surface area contributed by atoms with Gasteiger partial charge in [-0.2, -0.15) is 5.10 Å². The van der Waals surface area contributed by atoms with Crippen LogP contribution in [0.15, 0.2) is 65.5 Å². The van der Waals surface area contributed by atoms with Crippen LogP contribution in [0.25, 0.3) is 11.3 Å². The molecule has 5 nitrogen and oxygen atoms in total. The monoisotopic (exact) mass is 479 g/mol. The van der Waals surface area contributed by atoms with Crippen LogP contribution in [-0.2, 0) is 6.54 Å². The quantitative estimate of drug-likeness (QED) is 0.569. The molecule has 3 rings (SSSR count). The summed E-state index contributed by atoms with van der Waals surface area (Å²) in [5.74, 6) is -0.177. The van der Waals surface area contributed by atoms with Crippen molar-refractivity contribution in [2.45, 2.75) is 6.54 Å². The predicted octanol–water partition coefficient (Wildman–Crippen LogP) is 3.60. The molecule has 2 aromatic carbocycles. The number of amides is 1. The van der Waals surface area contributed by atoms with Crippen molar-refractivity contribution in [1.82, 2.24) is 15.1 Å². The summed E-state index contributed by atoms with van der Waals surface area (Å²) in [6.07, 6.45) is 0. The molecule has 0 bridgehead atoms. The Balaban J connectivity index is 1.67. The lowest BCUT2D eigenvalue weighted by molar-refractivity contribution is 0.0951. The van der Waals surface area contributed by atoms with Crippen LogP contribution < -0.4 is 10.9 Å². The second-order valence-corrected chi connectivity index (χ2v) is 7.23. The first kappa shape index (κ1) is 18.6. The molecule has 0 radical (unpaired) electrons. The van der Waals surface area contributed by atoms with Gasteiger partial charge in [0.2, 0.25) is 0 Å². The topological polar surface area (TPSA) is 64.0 Å². The molecule has 0 fully saturated rings. The highest BCUT2D eigenvalue weighted by Gasteiger charge is 2.07. The zero-order valence-corrected chi connectivity index (χ0v) is 16.6.